The molecule has 0 aromatic heterocycles. The van der Waals surface area contributed by atoms with Gasteiger partial charge in [-0.2, -0.15) is 0 Å². The fourth-order valence-corrected chi connectivity index (χ4v) is 0.602. The van der Waals surface area contributed by atoms with E-state index in [-0.39, 0.29) is 19.1 Å². The monoisotopic (exact) mass is 183 g/mol. The second-order valence-electron chi connectivity index (χ2n) is 2.18. The first-order valence-corrected chi connectivity index (χ1v) is 3.79. The van der Waals surface area contributed by atoms with E-state index in [1.807, 2.05) is 6.07 Å². The minimum absolute atomic E-state index is 0.125. The van der Waals surface area contributed by atoms with Crippen molar-refractivity contribution < 1.29 is 15.0 Å². The molecule has 0 saturated heterocycles. The van der Waals surface area contributed by atoms with E-state index in [1.165, 1.54) is 0 Å². The van der Waals surface area contributed by atoms with Crippen LogP contribution in [0.15, 0.2) is 30.3 Å². The minimum atomic E-state index is -0.379. The third-order valence-electron chi connectivity index (χ3n) is 1.16. The second kappa shape index (κ2) is 7.27. The summed E-state index contributed by atoms with van der Waals surface area (Å²) in [6.07, 6.45) is 0. The molecule has 1 aromatic rings. The minimum Gasteiger partial charge on any atom is -0.394 e. The molecule has 72 valence electrons. The Hall–Kier alpha value is -1.39. The standard InChI is InChI=1S/C7H7NO.C2H6O2/c8-7(9)6-4-2-1-3-5-6;3-1-2-4/h1-5H,(H2,8,9);3-4H,1-2H2. The van der Waals surface area contributed by atoms with Crippen LogP contribution in [0.25, 0.3) is 0 Å². The number of aliphatic hydroxyl groups excluding tert-OH is 2. The summed E-state index contributed by atoms with van der Waals surface area (Å²) in [4.78, 5) is 10.4. The van der Waals surface area contributed by atoms with E-state index in [4.69, 9.17) is 15.9 Å². The zero-order valence-corrected chi connectivity index (χ0v) is 7.18. The second-order valence-corrected chi connectivity index (χ2v) is 2.18. The van der Waals surface area contributed by atoms with Gasteiger partial charge in [0, 0.05) is 5.56 Å². The van der Waals surface area contributed by atoms with Crippen LogP contribution in [0, 0.1) is 0 Å². The van der Waals surface area contributed by atoms with Gasteiger partial charge in [-0.05, 0) is 12.1 Å². The van der Waals surface area contributed by atoms with Gasteiger partial charge < -0.3 is 15.9 Å². The molecule has 0 aliphatic carbocycles. The molecule has 0 aliphatic heterocycles. The molecule has 1 rings (SSSR count). The topological polar surface area (TPSA) is 83.6 Å². The van der Waals surface area contributed by atoms with Crippen LogP contribution in [0.3, 0.4) is 0 Å². The molecule has 0 saturated carbocycles. The molecule has 0 spiro atoms. The first-order chi connectivity index (χ1) is 6.22. The van der Waals surface area contributed by atoms with Crippen molar-refractivity contribution in [1.82, 2.24) is 0 Å². The molecule has 4 N–H and O–H groups in total. The van der Waals surface area contributed by atoms with Crippen LogP contribution < -0.4 is 5.73 Å². The van der Waals surface area contributed by atoms with Crippen LogP contribution in [-0.2, 0) is 0 Å². The van der Waals surface area contributed by atoms with E-state index in [9.17, 15) is 4.79 Å². The number of aliphatic hydroxyl groups is 2. The lowest BCUT2D eigenvalue weighted by Gasteiger charge is -1.89. The van der Waals surface area contributed by atoms with Gasteiger partial charge in [-0.3, -0.25) is 4.79 Å². The molecule has 13 heavy (non-hydrogen) atoms. The van der Waals surface area contributed by atoms with Crippen molar-refractivity contribution in [3.63, 3.8) is 0 Å². The molecule has 0 radical (unpaired) electrons. The number of hydrogen-bond acceptors (Lipinski definition) is 3. The number of rotatable bonds is 2. The molecular formula is C9H13NO3. The van der Waals surface area contributed by atoms with Crippen LogP contribution in [0.2, 0.25) is 0 Å². The first-order valence-electron chi connectivity index (χ1n) is 3.79. The van der Waals surface area contributed by atoms with Crippen molar-refractivity contribution in [3.8, 4) is 0 Å². The highest BCUT2D eigenvalue weighted by Crippen LogP contribution is 1.94. The van der Waals surface area contributed by atoms with Crippen molar-refractivity contribution in [2.75, 3.05) is 13.2 Å². The Bertz CT molecular complexity index is 234. The van der Waals surface area contributed by atoms with E-state index in [2.05, 4.69) is 0 Å². The molecule has 0 unspecified atom stereocenters. The van der Waals surface area contributed by atoms with Crippen LogP contribution in [0.1, 0.15) is 10.4 Å². The third-order valence-corrected chi connectivity index (χ3v) is 1.16. The average Bonchev–Trinajstić information content (AvgIpc) is 2.19. The number of hydrogen-bond donors (Lipinski definition) is 3. The Kier molecular flexibility index (Phi) is 6.49. The molecule has 4 nitrogen and oxygen atoms in total. The van der Waals surface area contributed by atoms with Crippen LogP contribution in [0.5, 0.6) is 0 Å². The molecule has 0 aliphatic rings. The highest BCUT2D eigenvalue weighted by Gasteiger charge is 1.93. The predicted molar refractivity (Wildman–Crippen MR) is 49.1 cm³/mol. The Morgan fingerprint density at radius 2 is 1.62 bits per heavy atom. The van der Waals surface area contributed by atoms with Crippen LogP contribution in [-0.4, -0.2) is 29.3 Å². The summed E-state index contributed by atoms with van der Waals surface area (Å²) in [6, 6.07) is 8.76. The maximum Gasteiger partial charge on any atom is 0.248 e. The van der Waals surface area contributed by atoms with Crippen molar-refractivity contribution in [1.29, 1.82) is 0 Å². The van der Waals surface area contributed by atoms with E-state index in [1.54, 1.807) is 24.3 Å². The van der Waals surface area contributed by atoms with Gasteiger partial charge in [0.15, 0.2) is 0 Å². The van der Waals surface area contributed by atoms with Crippen LogP contribution in [0.4, 0.5) is 0 Å². The van der Waals surface area contributed by atoms with E-state index < -0.39 is 0 Å². The van der Waals surface area contributed by atoms with Crippen LogP contribution >= 0.6 is 0 Å². The summed E-state index contributed by atoms with van der Waals surface area (Å²) in [5.41, 5.74) is 5.53. The fourth-order valence-electron chi connectivity index (χ4n) is 0.602. The number of amides is 1. The van der Waals surface area contributed by atoms with Gasteiger partial charge in [-0.1, -0.05) is 18.2 Å². The summed E-state index contributed by atoms with van der Waals surface area (Å²) in [7, 11) is 0. The molecule has 0 atom stereocenters. The summed E-state index contributed by atoms with van der Waals surface area (Å²) < 4.78 is 0. The number of primary amides is 1. The molecule has 1 aromatic carbocycles. The van der Waals surface area contributed by atoms with E-state index in [0.29, 0.717) is 5.56 Å². The highest BCUT2D eigenvalue weighted by molar-refractivity contribution is 5.92. The lowest BCUT2D eigenvalue weighted by atomic mass is 10.2. The molecular weight excluding hydrogens is 170 g/mol. The average molecular weight is 183 g/mol. The molecule has 0 heterocycles. The number of nitrogens with two attached hydrogens (primary N) is 1. The summed E-state index contributed by atoms with van der Waals surface area (Å²) >= 11 is 0. The largest absolute Gasteiger partial charge is 0.394 e. The maximum atomic E-state index is 10.4. The summed E-state index contributed by atoms with van der Waals surface area (Å²) in [6.45, 7) is -0.250. The summed E-state index contributed by atoms with van der Waals surface area (Å²) in [5.74, 6) is -0.379. The van der Waals surface area contributed by atoms with Gasteiger partial charge in [0.05, 0.1) is 13.2 Å². The third kappa shape index (κ3) is 5.84. The van der Waals surface area contributed by atoms with Crippen molar-refractivity contribution in [2.24, 2.45) is 5.73 Å². The zero-order chi connectivity index (χ0) is 10.1. The van der Waals surface area contributed by atoms with Crippen molar-refractivity contribution >= 4 is 5.91 Å². The maximum absolute atomic E-state index is 10.4. The van der Waals surface area contributed by atoms with Gasteiger partial charge >= 0.3 is 0 Å². The highest BCUT2D eigenvalue weighted by atomic mass is 16.3. The van der Waals surface area contributed by atoms with Gasteiger partial charge in [0.25, 0.3) is 0 Å². The molecule has 0 bridgehead atoms. The predicted octanol–water partition coefficient (Wildman–Crippen LogP) is -0.244. The number of carbonyl (C=O) groups excluding carboxylic acids is 1. The van der Waals surface area contributed by atoms with Gasteiger partial charge in [0.2, 0.25) is 5.91 Å². The first kappa shape index (κ1) is 11.6. The Morgan fingerprint density at radius 3 is 1.85 bits per heavy atom. The lowest BCUT2D eigenvalue weighted by Crippen LogP contribution is -2.09. The van der Waals surface area contributed by atoms with Crippen molar-refractivity contribution in [3.05, 3.63) is 35.9 Å². The smallest absolute Gasteiger partial charge is 0.248 e. The van der Waals surface area contributed by atoms with Gasteiger partial charge in [-0.25, -0.2) is 0 Å². The molecule has 1 amide bonds. The van der Waals surface area contributed by atoms with Gasteiger partial charge in [-0.15, -0.1) is 0 Å². The zero-order valence-electron chi connectivity index (χ0n) is 7.18. The number of carbonyl (C=O) groups is 1. The Morgan fingerprint density at radius 1 is 1.15 bits per heavy atom. The molecule has 4 heteroatoms. The van der Waals surface area contributed by atoms with E-state index in [0.717, 1.165) is 0 Å². The fraction of sp³-hybridized carbons (Fsp3) is 0.222. The number of benzene rings is 1. The Labute approximate surface area is 76.6 Å². The van der Waals surface area contributed by atoms with Gasteiger partial charge in [0.1, 0.15) is 0 Å². The van der Waals surface area contributed by atoms with E-state index >= 15 is 0 Å². The SMILES string of the molecule is NC(=O)c1ccccc1.OCCO. The lowest BCUT2D eigenvalue weighted by molar-refractivity contribution is 0.100. The molecule has 0 fully saturated rings. The Balaban J connectivity index is 0.000000310. The summed E-state index contributed by atoms with van der Waals surface area (Å²) in [5, 5.41) is 15.2. The normalized spacial score (nSPS) is 8.46. The quantitative estimate of drug-likeness (QED) is 0.591. The van der Waals surface area contributed by atoms with Crippen molar-refractivity contribution in [2.45, 2.75) is 0 Å².